The van der Waals surface area contributed by atoms with Gasteiger partial charge in [-0.1, -0.05) is 0 Å². The van der Waals surface area contributed by atoms with Crippen molar-refractivity contribution in [2.24, 2.45) is 0 Å². The van der Waals surface area contributed by atoms with Crippen molar-refractivity contribution in [2.75, 3.05) is 18.8 Å². The molecule has 0 saturated carbocycles. The highest BCUT2D eigenvalue weighted by molar-refractivity contribution is 7.99. The van der Waals surface area contributed by atoms with Crippen LogP contribution in [0.3, 0.4) is 0 Å². The van der Waals surface area contributed by atoms with E-state index in [0.29, 0.717) is 6.42 Å². The van der Waals surface area contributed by atoms with Crippen LogP contribution in [0.1, 0.15) is 37.0 Å². The summed E-state index contributed by atoms with van der Waals surface area (Å²) in [6.45, 7) is 5.45. The van der Waals surface area contributed by atoms with E-state index in [1.807, 2.05) is 18.7 Å². The standard InChI is InChI=1S/C14H20N2O3S/c1-3-16(4-2)13(17)6-5-9-20-12-8-7-11(10-15-12)14(18)19/h7-8,10H,3-6,9H2,1-2H3,(H,18,19). The Kier molecular flexibility index (Phi) is 7.08. The first kappa shape index (κ1) is 16.5. The number of hydrogen-bond acceptors (Lipinski definition) is 4. The molecule has 6 heteroatoms. The second-order valence-electron chi connectivity index (χ2n) is 4.21. The molecule has 20 heavy (non-hydrogen) atoms. The summed E-state index contributed by atoms with van der Waals surface area (Å²) < 4.78 is 0. The van der Waals surface area contributed by atoms with Gasteiger partial charge in [-0.05, 0) is 38.2 Å². The molecule has 110 valence electrons. The summed E-state index contributed by atoms with van der Waals surface area (Å²) in [5.41, 5.74) is 0.186. The molecule has 0 aromatic carbocycles. The summed E-state index contributed by atoms with van der Waals surface area (Å²) in [4.78, 5) is 28.3. The first-order chi connectivity index (χ1) is 9.58. The Morgan fingerprint density at radius 2 is 2.00 bits per heavy atom. The average molecular weight is 296 g/mol. The normalized spacial score (nSPS) is 10.3. The molecule has 0 radical (unpaired) electrons. The van der Waals surface area contributed by atoms with Gasteiger partial charge in [0.1, 0.15) is 0 Å². The predicted molar refractivity (Wildman–Crippen MR) is 79.1 cm³/mol. The maximum absolute atomic E-state index is 11.8. The molecule has 0 bridgehead atoms. The summed E-state index contributed by atoms with van der Waals surface area (Å²) in [6.07, 6.45) is 2.69. The smallest absolute Gasteiger partial charge is 0.337 e. The zero-order valence-electron chi connectivity index (χ0n) is 11.8. The molecule has 0 atom stereocenters. The first-order valence-electron chi connectivity index (χ1n) is 6.68. The zero-order chi connectivity index (χ0) is 15.0. The molecular weight excluding hydrogens is 276 g/mol. The predicted octanol–water partition coefficient (Wildman–Crippen LogP) is 2.52. The Hall–Kier alpha value is -1.56. The van der Waals surface area contributed by atoms with Gasteiger partial charge in [-0.15, -0.1) is 11.8 Å². The molecule has 1 N–H and O–H groups in total. The molecule has 0 unspecified atom stereocenters. The Bertz CT molecular complexity index is 444. The van der Waals surface area contributed by atoms with Crippen molar-refractivity contribution in [2.45, 2.75) is 31.7 Å². The Morgan fingerprint density at radius 3 is 2.50 bits per heavy atom. The third-order valence-corrected chi connectivity index (χ3v) is 3.91. The van der Waals surface area contributed by atoms with Gasteiger partial charge < -0.3 is 10.0 Å². The van der Waals surface area contributed by atoms with E-state index in [4.69, 9.17) is 5.11 Å². The monoisotopic (exact) mass is 296 g/mol. The van der Waals surface area contributed by atoms with Crippen LogP contribution in [0.2, 0.25) is 0 Å². The van der Waals surface area contributed by atoms with E-state index < -0.39 is 5.97 Å². The molecule has 1 aromatic heterocycles. The molecule has 0 aliphatic rings. The third-order valence-electron chi connectivity index (χ3n) is 2.88. The van der Waals surface area contributed by atoms with E-state index in [9.17, 15) is 9.59 Å². The van der Waals surface area contributed by atoms with Crippen LogP contribution in [0.25, 0.3) is 0 Å². The van der Waals surface area contributed by atoms with Gasteiger partial charge in [0.05, 0.1) is 10.6 Å². The van der Waals surface area contributed by atoms with Crippen LogP contribution in [-0.4, -0.2) is 45.7 Å². The van der Waals surface area contributed by atoms with Crippen LogP contribution in [0, 0.1) is 0 Å². The number of nitrogens with zero attached hydrogens (tertiary/aromatic N) is 2. The van der Waals surface area contributed by atoms with Crippen molar-refractivity contribution < 1.29 is 14.7 Å². The summed E-state index contributed by atoms with van der Waals surface area (Å²) in [6, 6.07) is 3.24. The fourth-order valence-electron chi connectivity index (χ4n) is 1.73. The topological polar surface area (TPSA) is 70.5 Å². The minimum atomic E-state index is -0.973. The summed E-state index contributed by atoms with van der Waals surface area (Å²) in [7, 11) is 0. The van der Waals surface area contributed by atoms with Crippen molar-refractivity contribution in [3.8, 4) is 0 Å². The molecule has 5 nitrogen and oxygen atoms in total. The lowest BCUT2D eigenvalue weighted by molar-refractivity contribution is -0.130. The van der Waals surface area contributed by atoms with Crippen LogP contribution < -0.4 is 0 Å². The summed E-state index contributed by atoms with van der Waals surface area (Å²) in [5, 5.41) is 9.54. The fraction of sp³-hybridized carbons (Fsp3) is 0.500. The SMILES string of the molecule is CCN(CC)C(=O)CCCSc1ccc(C(=O)O)cn1. The van der Waals surface area contributed by atoms with Crippen LogP contribution in [0.5, 0.6) is 0 Å². The number of carboxylic acids is 1. The number of pyridine rings is 1. The number of carboxylic acid groups (broad SMARTS) is 1. The van der Waals surface area contributed by atoms with Crippen molar-refractivity contribution in [3.05, 3.63) is 23.9 Å². The lowest BCUT2D eigenvalue weighted by atomic mass is 10.3. The molecule has 0 aliphatic heterocycles. The average Bonchev–Trinajstić information content (AvgIpc) is 2.45. The van der Waals surface area contributed by atoms with Gasteiger partial charge >= 0.3 is 5.97 Å². The molecule has 0 spiro atoms. The van der Waals surface area contributed by atoms with Crippen LogP contribution in [0.15, 0.2) is 23.4 Å². The maximum atomic E-state index is 11.8. The Morgan fingerprint density at radius 1 is 1.30 bits per heavy atom. The molecular formula is C14H20N2O3S. The lowest BCUT2D eigenvalue weighted by Crippen LogP contribution is -2.30. The van der Waals surface area contributed by atoms with Gasteiger partial charge in [-0.25, -0.2) is 9.78 Å². The van der Waals surface area contributed by atoms with Gasteiger partial charge in [-0.2, -0.15) is 0 Å². The molecule has 1 heterocycles. The molecule has 1 amide bonds. The van der Waals surface area contributed by atoms with E-state index in [2.05, 4.69) is 4.98 Å². The largest absolute Gasteiger partial charge is 0.478 e. The number of amides is 1. The van der Waals surface area contributed by atoms with E-state index in [1.54, 1.807) is 12.1 Å². The minimum absolute atomic E-state index is 0.185. The quantitative estimate of drug-likeness (QED) is 0.589. The highest BCUT2D eigenvalue weighted by Gasteiger charge is 2.09. The highest BCUT2D eigenvalue weighted by atomic mass is 32.2. The molecule has 0 fully saturated rings. The van der Waals surface area contributed by atoms with Crippen molar-refractivity contribution >= 4 is 23.6 Å². The van der Waals surface area contributed by atoms with Gasteiger partial charge in [0.2, 0.25) is 5.91 Å². The summed E-state index contributed by atoms with van der Waals surface area (Å²) in [5.74, 6) is 0.00976. The van der Waals surface area contributed by atoms with Gasteiger partial charge in [0.25, 0.3) is 0 Å². The lowest BCUT2D eigenvalue weighted by Gasteiger charge is -2.18. The van der Waals surface area contributed by atoms with Crippen molar-refractivity contribution in [3.63, 3.8) is 0 Å². The number of aromatic nitrogens is 1. The van der Waals surface area contributed by atoms with Gasteiger partial charge in [0.15, 0.2) is 0 Å². The van der Waals surface area contributed by atoms with E-state index in [1.165, 1.54) is 18.0 Å². The second kappa shape index (κ2) is 8.58. The molecule has 0 aliphatic carbocycles. The molecule has 0 saturated heterocycles. The van der Waals surface area contributed by atoms with E-state index >= 15 is 0 Å². The maximum Gasteiger partial charge on any atom is 0.337 e. The van der Waals surface area contributed by atoms with Crippen molar-refractivity contribution in [1.82, 2.24) is 9.88 Å². The van der Waals surface area contributed by atoms with E-state index in [-0.39, 0.29) is 11.5 Å². The van der Waals surface area contributed by atoms with Crippen LogP contribution in [0.4, 0.5) is 0 Å². The zero-order valence-corrected chi connectivity index (χ0v) is 12.7. The summed E-state index contributed by atoms with van der Waals surface area (Å²) >= 11 is 1.53. The number of carbonyl (C=O) groups excluding carboxylic acids is 1. The second-order valence-corrected chi connectivity index (χ2v) is 5.32. The van der Waals surface area contributed by atoms with Gasteiger partial charge in [-0.3, -0.25) is 4.79 Å². The number of rotatable bonds is 8. The number of carbonyl (C=O) groups is 2. The number of hydrogen-bond donors (Lipinski definition) is 1. The van der Waals surface area contributed by atoms with Crippen molar-refractivity contribution in [1.29, 1.82) is 0 Å². The molecule has 1 rings (SSSR count). The highest BCUT2D eigenvalue weighted by Crippen LogP contribution is 2.17. The number of thioether (sulfide) groups is 1. The van der Waals surface area contributed by atoms with E-state index in [0.717, 1.165) is 30.3 Å². The number of aromatic carboxylic acids is 1. The Balaban J connectivity index is 2.30. The Labute approximate surface area is 123 Å². The first-order valence-corrected chi connectivity index (χ1v) is 7.67. The van der Waals surface area contributed by atoms with Gasteiger partial charge in [0, 0.05) is 25.7 Å². The van der Waals surface area contributed by atoms with Crippen LogP contribution in [-0.2, 0) is 4.79 Å². The minimum Gasteiger partial charge on any atom is -0.478 e. The molecule has 1 aromatic rings. The van der Waals surface area contributed by atoms with Crippen LogP contribution >= 0.6 is 11.8 Å². The third kappa shape index (κ3) is 5.21. The fourth-order valence-corrected chi connectivity index (χ4v) is 2.52.